The second-order valence-electron chi connectivity index (χ2n) is 3.97. The molecule has 3 nitrogen and oxygen atoms in total. The third kappa shape index (κ3) is 2.67. The topological polar surface area (TPSA) is 29.5 Å². The largest absolute Gasteiger partial charge is 0.445 e. The van der Waals surface area contributed by atoms with Gasteiger partial charge in [-0.05, 0) is 6.26 Å². The Labute approximate surface area is 89.5 Å². The van der Waals surface area contributed by atoms with E-state index in [0.29, 0.717) is 6.61 Å². The van der Waals surface area contributed by atoms with Gasteiger partial charge in [0.2, 0.25) is 0 Å². The van der Waals surface area contributed by atoms with Gasteiger partial charge in [0, 0.05) is 24.3 Å². The van der Waals surface area contributed by atoms with E-state index in [2.05, 4.69) is 19.8 Å². The number of amides is 1. The fourth-order valence-electron chi connectivity index (χ4n) is 1.67. The summed E-state index contributed by atoms with van der Waals surface area (Å²) in [4.78, 5) is 13.1. The molecule has 0 unspecified atom stereocenters. The molecular weight excluding hydrogens is 198 g/mol. The smallest absolute Gasteiger partial charge is 0.410 e. The number of ether oxygens (including phenoxy) is 1. The maximum Gasteiger partial charge on any atom is 0.410 e. The Bertz CT molecular complexity index is 224. The predicted octanol–water partition coefficient (Wildman–Crippen LogP) is 1.99. The Morgan fingerprint density at radius 3 is 2.86 bits per heavy atom. The molecule has 1 saturated heterocycles. The molecule has 0 aromatic heterocycles. The monoisotopic (exact) mass is 215 g/mol. The predicted molar refractivity (Wildman–Crippen MR) is 59.6 cm³/mol. The van der Waals surface area contributed by atoms with Crippen molar-refractivity contribution in [1.29, 1.82) is 0 Å². The van der Waals surface area contributed by atoms with E-state index in [-0.39, 0.29) is 11.5 Å². The number of carbonyl (C=O) groups excluding carboxylic acids is 1. The molecule has 4 heteroatoms. The van der Waals surface area contributed by atoms with Crippen molar-refractivity contribution < 1.29 is 9.53 Å². The van der Waals surface area contributed by atoms with Gasteiger partial charge in [-0.15, -0.1) is 0 Å². The number of likely N-dealkylation sites (tertiary alicyclic amines) is 1. The number of carbonyl (C=O) groups is 1. The van der Waals surface area contributed by atoms with E-state index in [1.165, 1.54) is 0 Å². The lowest BCUT2D eigenvalue weighted by Gasteiger charge is -2.46. The van der Waals surface area contributed by atoms with Gasteiger partial charge in [0.15, 0.2) is 0 Å². The van der Waals surface area contributed by atoms with Crippen LogP contribution in [-0.4, -0.2) is 42.7 Å². The van der Waals surface area contributed by atoms with Gasteiger partial charge in [0.05, 0.1) is 0 Å². The van der Waals surface area contributed by atoms with Crippen LogP contribution in [0.15, 0.2) is 12.7 Å². The lowest BCUT2D eigenvalue weighted by atomic mass is 9.84. The van der Waals surface area contributed by atoms with Gasteiger partial charge in [-0.3, -0.25) is 0 Å². The van der Waals surface area contributed by atoms with Crippen LogP contribution in [0.25, 0.3) is 0 Å². The van der Waals surface area contributed by atoms with Gasteiger partial charge < -0.3 is 9.64 Å². The third-order valence-corrected chi connectivity index (χ3v) is 3.21. The van der Waals surface area contributed by atoms with E-state index in [0.717, 1.165) is 18.8 Å². The number of hydrogen-bond donors (Lipinski definition) is 0. The maximum atomic E-state index is 11.3. The molecule has 1 fully saturated rings. The van der Waals surface area contributed by atoms with Crippen LogP contribution >= 0.6 is 11.8 Å². The number of thioether (sulfide) groups is 1. The molecule has 80 valence electrons. The molecule has 0 N–H and O–H groups in total. The molecule has 14 heavy (non-hydrogen) atoms. The minimum absolute atomic E-state index is 0.219. The van der Waals surface area contributed by atoms with E-state index in [1.54, 1.807) is 11.0 Å². The summed E-state index contributed by atoms with van der Waals surface area (Å²) in [6.45, 7) is 7.61. The van der Waals surface area contributed by atoms with Crippen LogP contribution in [0.2, 0.25) is 0 Å². The highest BCUT2D eigenvalue weighted by atomic mass is 32.2. The molecule has 1 aliphatic rings. The van der Waals surface area contributed by atoms with Crippen LogP contribution in [0.1, 0.15) is 6.92 Å². The summed E-state index contributed by atoms with van der Waals surface area (Å²) in [6, 6.07) is 0. The van der Waals surface area contributed by atoms with Gasteiger partial charge in [0.1, 0.15) is 6.61 Å². The number of nitrogens with zero attached hydrogens (tertiary/aromatic N) is 1. The molecule has 1 amide bonds. The highest BCUT2D eigenvalue weighted by molar-refractivity contribution is 7.98. The molecular formula is C10H17NO2S. The summed E-state index contributed by atoms with van der Waals surface area (Å²) in [5.41, 5.74) is 0.284. The first-order valence-electron chi connectivity index (χ1n) is 4.63. The highest BCUT2D eigenvalue weighted by Gasteiger charge is 2.41. The van der Waals surface area contributed by atoms with E-state index in [1.807, 2.05) is 11.8 Å². The summed E-state index contributed by atoms with van der Waals surface area (Å²) in [7, 11) is 0. The zero-order valence-corrected chi connectivity index (χ0v) is 9.60. The molecule has 0 saturated carbocycles. The SMILES string of the molecule is C=CCOC(=O)N1CC(C)(CSC)C1. The van der Waals surface area contributed by atoms with Crippen molar-refractivity contribution in [2.75, 3.05) is 31.7 Å². The number of hydrogen-bond acceptors (Lipinski definition) is 3. The van der Waals surface area contributed by atoms with Crippen molar-refractivity contribution in [2.45, 2.75) is 6.92 Å². The van der Waals surface area contributed by atoms with Gasteiger partial charge >= 0.3 is 6.09 Å². The second kappa shape index (κ2) is 4.73. The van der Waals surface area contributed by atoms with E-state index in [9.17, 15) is 4.79 Å². The molecule has 1 aliphatic heterocycles. The van der Waals surface area contributed by atoms with Crippen LogP contribution in [-0.2, 0) is 4.74 Å². The minimum Gasteiger partial charge on any atom is -0.445 e. The third-order valence-electron chi connectivity index (χ3n) is 2.22. The maximum absolute atomic E-state index is 11.3. The van der Waals surface area contributed by atoms with Crippen LogP contribution < -0.4 is 0 Å². The van der Waals surface area contributed by atoms with Gasteiger partial charge in [-0.2, -0.15) is 11.8 Å². The molecule has 0 spiro atoms. The first-order chi connectivity index (χ1) is 6.61. The summed E-state index contributed by atoms with van der Waals surface area (Å²) < 4.78 is 4.93. The standard InChI is InChI=1S/C10H17NO2S/c1-4-5-13-9(12)11-6-10(2,7-11)8-14-3/h4H,1,5-8H2,2-3H3. The van der Waals surface area contributed by atoms with Gasteiger partial charge in [-0.25, -0.2) is 4.79 Å². The normalized spacial score (nSPS) is 18.6. The van der Waals surface area contributed by atoms with Crippen molar-refractivity contribution >= 4 is 17.9 Å². The van der Waals surface area contributed by atoms with Crippen LogP contribution in [0, 0.1) is 5.41 Å². The molecule has 0 aromatic carbocycles. The molecule has 0 aromatic rings. The van der Waals surface area contributed by atoms with Gasteiger partial charge in [0.25, 0.3) is 0 Å². The first-order valence-corrected chi connectivity index (χ1v) is 6.02. The van der Waals surface area contributed by atoms with E-state index < -0.39 is 0 Å². The summed E-state index contributed by atoms with van der Waals surface area (Å²) in [5, 5.41) is 0. The van der Waals surface area contributed by atoms with Crippen molar-refractivity contribution in [2.24, 2.45) is 5.41 Å². The van der Waals surface area contributed by atoms with Crippen molar-refractivity contribution in [1.82, 2.24) is 4.90 Å². The van der Waals surface area contributed by atoms with Crippen LogP contribution in [0.5, 0.6) is 0 Å². The fraction of sp³-hybridized carbons (Fsp3) is 0.700. The quantitative estimate of drug-likeness (QED) is 0.672. The lowest BCUT2D eigenvalue weighted by Crippen LogP contribution is -2.58. The fourth-order valence-corrected chi connectivity index (χ4v) is 2.55. The summed E-state index contributed by atoms with van der Waals surface area (Å²) in [5.74, 6) is 1.10. The molecule has 0 bridgehead atoms. The molecule has 0 radical (unpaired) electrons. The molecule has 0 atom stereocenters. The summed E-state index contributed by atoms with van der Waals surface area (Å²) in [6.07, 6.45) is 3.45. The van der Waals surface area contributed by atoms with Crippen LogP contribution in [0.3, 0.4) is 0 Å². The zero-order chi connectivity index (χ0) is 10.6. The average Bonchev–Trinajstić information content (AvgIpc) is 2.10. The zero-order valence-electron chi connectivity index (χ0n) is 8.78. The Hall–Kier alpha value is -0.640. The lowest BCUT2D eigenvalue weighted by molar-refractivity contribution is 0.0238. The second-order valence-corrected chi connectivity index (χ2v) is 4.83. The Kier molecular flexibility index (Phi) is 3.86. The molecule has 0 aliphatic carbocycles. The van der Waals surface area contributed by atoms with Gasteiger partial charge in [-0.1, -0.05) is 19.6 Å². The minimum atomic E-state index is -0.219. The van der Waals surface area contributed by atoms with Crippen LogP contribution in [0.4, 0.5) is 4.79 Å². The van der Waals surface area contributed by atoms with E-state index >= 15 is 0 Å². The first kappa shape index (κ1) is 11.4. The summed E-state index contributed by atoms with van der Waals surface area (Å²) >= 11 is 1.82. The Morgan fingerprint density at radius 2 is 2.36 bits per heavy atom. The van der Waals surface area contributed by atoms with Crippen molar-refractivity contribution in [3.8, 4) is 0 Å². The van der Waals surface area contributed by atoms with Crippen molar-refractivity contribution in [3.05, 3.63) is 12.7 Å². The molecule has 1 rings (SSSR count). The van der Waals surface area contributed by atoms with Crippen molar-refractivity contribution in [3.63, 3.8) is 0 Å². The molecule has 1 heterocycles. The Morgan fingerprint density at radius 1 is 1.71 bits per heavy atom. The number of rotatable bonds is 4. The highest BCUT2D eigenvalue weighted by Crippen LogP contribution is 2.32. The average molecular weight is 215 g/mol. The Balaban J connectivity index is 2.25. The van der Waals surface area contributed by atoms with E-state index in [4.69, 9.17) is 4.74 Å².